The minimum absolute atomic E-state index is 0.187. The lowest BCUT2D eigenvalue weighted by Gasteiger charge is -2.26. The van der Waals surface area contributed by atoms with Crippen LogP contribution in [-0.2, 0) is 9.53 Å². The van der Waals surface area contributed by atoms with Gasteiger partial charge in [0.1, 0.15) is 11.5 Å². The number of carboxylic acid groups (broad SMARTS) is 1. The molecular formula is C11H21NO5. The summed E-state index contributed by atoms with van der Waals surface area (Å²) in [4.78, 5) is 22.2. The van der Waals surface area contributed by atoms with E-state index in [0.717, 1.165) is 0 Å². The zero-order valence-electron chi connectivity index (χ0n) is 10.9. The van der Waals surface area contributed by atoms with Crippen LogP contribution in [0.25, 0.3) is 0 Å². The van der Waals surface area contributed by atoms with Gasteiger partial charge in [0.2, 0.25) is 0 Å². The third-order valence-corrected chi connectivity index (χ3v) is 2.00. The van der Waals surface area contributed by atoms with Crippen LogP contribution in [0.2, 0.25) is 0 Å². The van der Waals surface area contributed by atoms with E-state index < -0.39 is 29.2 Å². The van der Waals surface area contributed by atoms with E-state index in [9.17, 15) is 14.7 Å². The fourth-order valence-corrected chi connectivity index (χ4v) is 1.14. The van der Waals surface area contributed by atoms with Crippen LogP contribution >= 0.6 is 0 Å². The van der Waals surface area contributed by atoms with Gasteiger partial charge in [-0.3, -0.25) is 4.79 Å². The molecule has 0 aromatic rings. The van der Waals surface area contributed by atoms with Crippen molar-refractivity contribution < 1.29 is 24.5 Å². The quantitative estimate of drug-likeness (QED) is 0.688. The molecular weight excluding hydrogens is 226 g/mol. The first-order chi connectivity index (χ1) is 7.43. The number of aliphatic carboxylic acids is 1. The van der Waals surface area contributed by atoms with Crippen molar-refractivity contribution >= 4 is 12.1 Å². The predicted molar refractivity (Wildman–Crippen MR) is 61.7 cm³/mol. The van der Waals surface area contributed by atoms with Crippen molar-refractivity contribution in [2.24, 2.45) is 5.92 Å². The highest BCUT2D eigenvalue weighted by molar-refractivity contribution is 5.73. The standard InChI is InChI=1S/C11H21NO5/c1-10(2,3)17-9(15)12-6-7(8(13)14)11(4,5)16/h7,16H,6H2,1-5H3,(H,12,15)(H,13,14). The molecule has 1 unspecified atom stereocenters. The molecule has 0 saturated heterocycles. The van der Waals surface area contributed by atoms with Crippen LogP contribution in [0.1, 0.15) is 34.6 Å². The SMILES string of the molecule is CC(C)(C)OC(=O)NCC(C(=O)O)C(C)(C)O. The van der Waals surface area contributed by atoms with E-state index >= 15 is 0 Å². The van der Waals surface area contributed by atoms with Gasteiger partial charge in [-0.05, 0) is 34.6 Å². The molecule has 6 nitrogen and oxygen atoms in total. The Labute approximate surface area is 101 Å². The minimum Gasteiger partial charge on any atom is -0.481 e. The number of hydrogen-bond acceptors (Lipinski definition) is 4. The second-order valence-corrected chi connectivity index (χ2v) is 5.43. The molecule has 1 atom stereocenters. The average molecular weight is 247 g/mol. The van der Waals surface area contributed by atoms with Crippen molar-refractivity contribution in [3.63, 3.8) is 0 Å². The maximum absolute atomic E-state index is 11.3. The Morgan fingerprint density at radius 1 is 1.24 bits per heavy atom. The average Bonchev–Trinajstić information content (AvgIpc) is 1.96. The lowest BCUT2D eigenvalue weighted by Crippen LogP contribution is -2.45. The van der Waals surface area contributed by atoms with Crippen LogP contribution in [0.5, 0.6) is 0 Å². The minimum atomic E-state index is -1.42. The summed E-state index contributed by atoms with van der Waals surface area (Å²) in [5.41, 5.74) is -2.06. The molecule has 0 spiro atoms. The van der Waals surface area contributed by atoms with Crippen molar-refractivity contribution in [3.8, 4) is 0 Å². The van der Waals surface area contributed by atoms with Gasteiger partial charge in [-0.15, -0.1) is 0 Å². The fourth-order valence-electron chi connectivity index (χ4n) is 1.14. The second-order valence-electron chi connectivity index (χ2n) is 5.43. The molecule has 0 aliphatic heterocycles. The number of amides is 1. The molecule has 6 heteroatoms. The number of ether oxygens (including phenoxy) is 1. The third kappa shape index (κ3) is 6.78. The highest BCUT2D eigenvalue weighted by atomic mass is 16.6. The number of carboxylic acids is 1. The molecule has 0 heterocycles. The first-order valence-corrected chi connectivity index (χ1v) is 5.35. The van der Waals surface area contributed by atoms with Gasteiger partial charge < -0.3 is 20.3 Å². The molecule has 0 aromatic carbocycles. The Morgan fingerprint density at radius 2 is 1.71 bits per heavy atom. The molecule has 0 aliphatic rings. The molecule has 17 heavy (non-hydrogen) atoms. The van der Waals surface area contributed by atoms with Crippen LogP contribution in [0, 0.1) is 5.92 Å². The van der Waals surface area contributed by atoms with Crippen LogP contribution in [0.15, 0.2) is 0 Å². The van der Waals surface area contributed by atoms with Crippen molar-refractivity contribution in [2.45, 2.75) is 45.8 Å². The Bertz CT molecular complexity index is 287. The first-order valence-electron chi connectivity index (χ1n) is 5.35. The van der Waals surface area contributed by atoms with E-state index in [1.807, 2.05) is 0 Å². The number of rotatable bonds is 4. The van der Waals surface area contributed by atoms with Crippen molar-refractivity contribution in [1.29, 1.82) is 0 Å². The molecule has 0 rings (SSSR count). The summed E-state index contributed by atoms with van der Waals surface area (Å²) in [6.45, 7) is 7.69. The summed E-state index contributed by atoms with van der Waals surface area (Å²) in [5, 5.41) is 20.8. The maximum atomic E-state index is 11.3. The van der Waals surface area contributed by atoms with Gasteiger partial charge in [-0.2, -0.15) is 0 Å². The number of nitrogens with one attached hydrogen (secondary N) is 1. The van der Waals surface area contributed by atoms with Gasteiger partial charge in [0.25, 0.3) is 0 Å². The van der Waals surface area contributed by atoms with E-state index in [2.05, 4.69) is 5.32 Å². The Hall–Kier alpha value is -1.30. The van der Waals surface area contributed by atoms with Gasteiger partial charge >= 0.3 is 12.1 Å². The number of alkyl carbamates (subject to hydrolysis) is 1. The van der Waals surface area contributed by atoms with Crippen molar-refractivity contribution in [3.05, 3.63) is 0 Å². The molecule has 100 valence electrons. The zero-order chi connectivity index (χ0) is 13.9. The second kappa shape index (κ2) is 5.35. The van der Waals surface area contributed by atoms with Crippen LogP contribution in [0.4, 0.5) is 4.79 Å². The molecule has 0 aliphatic carbocycles. The van der Waals surface area contributed by atoms with Gasteiger partial charge in [-0.1, -0.05) is 0 Å². The highest BCUT2D eigenvalue weighted by Crippen LogP contribution is 2.16. The number of aliphatic hydroxyl groups is 1. The van der Waals surface area contributed by atoms with E-state index in [1.165, 1.54) is 13.8 Å². The maximum Gasteiger partial charge on any atom is 0.407 e. The van der Waals surface area contributed by atoms with Crippen LogP contribution in [0.3, 0.4) is 0 Å². The topological polar surface area (TPSA) is 95.9 Å². The lowest BCUT2D eigenvalue weighted by molar-refractivity contribution is -0.149. The van der Waals surface area contributed by atoms with Gasteiger partial charge in [0.15, 0.2) is 0 Å². The summed E-state index contributed by atoms with van der Waals surface area (Å²) in [5.74, 6) is -2.26. The van der Waals surface area contributed by atoms with Crippen LogP contribution in [-0.4, -0.2) is 40.0 Å². The molecule has 0 fully saturated rings. The molecule has 0 aromatic heterocycles. The predicted octanol–water partition coefficient (Wildman–Crippen LogP) is 0.983. The van der Waals surface area contributed by atoms with Crippen LogP contribution < -0.4 is 5.32 Å². The summed E-state index contributed by atoms with van der Waals surface area (Å²) < 4.78 is 4.96. The first kappa shape index (κ1) is 15.7. The lowest BCUT2D eigenvalue weighted by atomic mass is 9.91. The number of carbonyl (C=O) groups is 2. The Balaban J connectivity index is 4.34. The summed E-state index contributed by atoms with van der Waals surface area (Å²) in [7, 11) is 0. The van der Waals surface area contributed by atoms with Gasteiger partial charge in [0, 0.05) is 6.54 Å². The number of hydrogen-bond donors (Lipinski definition) is 3. The smallest absolute Gasteiger partial charge is 0.407 e. The fraction of sp³-hybridized carbons (Fsp3) is 0.818. The largest absolute Gasteiger partial charge is 0.481 e. The zero-order valence-corrected chi connectivity index (χ0v) is 10.9. The normalized spacial score (nSPS) is 14.0. The Kier molecular flexibility index (Phi) is 4.94. The van der Waals surface area contributed by atoms with Gasteiger partial charge in [0.05, 0.1) is 5.60 Å². The van der Waals surface area contributed by atoms with E-state index in [4.69, 9.17) is 9.84 Å². The van der Waals surface area contributed by atoms with E-state index in [1.54, 1.807) is 20.8 Å². The molecule has 1 amide bonds. The number of carbonyl (C=O) groups excluding carboxylic acids is 1. The molecule has 0 bridgehead atoms. The molecule has 0 saturated carbocycles. The van der Waals surface area contributed by atoms with E-state index in [0.29, 0.717) is 0 Å². The van der Waals surface area contributed by atoms with Gasteiger partial charge in [-0.25, -0.2) is 4.79 Å². The summed E-state index contributed by atoms with van der Waals surface area (Å²) >= 11 is 0. The van der Waals surface area contributed by atoms with E-state index in [-0.39, 0.29) is 6.54 Å². The monoisotopic (exact) mass is 247 g/mol. The third-order valence-electron chi connectivity index (χ3n) is 2.00. The van der Waals surface area contributed by atoms with Crippen molar-refractivity contribution in [2.75, 3.05) is 6.54 Å². The summed E-state index contributed by atoms with van der Waals surface area (Å²) in [6.07, 6.45) is -0.701. The highest BCUT2D eigenvalue weighted by Gasteiger charge is 2.33. The summed E-state index contributed by atoms with van der Waals surface area (Å²) in [6, 6.07) is 0. The van der Waals surface area contributed by atoms with Crippen molar-refractivity contribution in [1.82, 2.24) is 5.32 Å². The Morgan fingerprint density at radius 3 is 2.00 bits per heavy atom. The molecule has 3 N–H and O–H groups in total. The molecule has 0 radical (unpaired) electrons.